The van der Waals surface area contributed by atoms with Crippen LogP contribution in [0.4, 0.5) is 11.7 Å². The number of thiophene rings is 1. The molecule has 3 aromatic heterocycles. The van der Waals surface area contributed by atoms with E-state index in [1.165, 1.54) is 17.6 Å². The van der Waals surface area contributed by atoms with Gasteiger partial charge in [0.15, 0.2) is 5.69 Å². The monoisotopic (exact) mass is 410 g/mol. The van der Waals surface area contributed by atoms with Crippen LogP contribution in [-0.4, -0.2) is 21.8 Å². The van der Waals surface area contributed by atoms with Crippen LogP contribution < -0.4 is 10.6 Å². The van der Waals surface area contributed by atoms with Crippen molar-refractivity contribution in [3.63, 3.8) is 0 Å². The van der Waals surface area contributed by atoms with E-state index in [1.54, 1.807) is 34.9 Å². The quantitative estimate of drug-likeness (QED) is 0.498. The number of amides is 2. The van der Waals surface area contributed by atoms with Crippen LogP contribution in [0.2, 0.25) is 0 Å². The molecule has 0 aliphatic heterocycles. The van der Waals surface area contributed by atoms with Crippen LogP contribution >= 0.6 is 22.7 Å². The van der Waals surface area contributed by atoms with Gasteiger partial charge in [0.2, 0.25) is 0 Å². The summed E-state index contributed by atoms with van der Waals surface area (Å²) in [5, 5.41) is 10.0. The van der Waals surface area contributed by atoms with Gasteiger partial charge in [-0.25, -0.2) is 4.98 Å². The van der Waals surface area contributed by atoms with Gasteiger partial charge in [-0.1, -0.05) is 18.2 Å². The number of nitrogens with one attached hydrogen (secondary N) is 2. The molecule has 7 nitrogen and oxygen atoms in total. The van der Waals surface area contributed by atoms with Crippen LogP contribution in [0.5, 0.6) is 0 Å². The van der Waals surface area contributed by atoms with E-state index in [0.717, 1.165) is 16.3 Å². The van der Waals surface area contributed by atoms with Crippen molar-refractivity contribution in [3.05, 3.63) is 69.0 Å². The zero-order valence-electron chi connectivity index (χ0n) is 14.6. The van der Waals surface area contributed by atoms with Crippen LogP contribution in [0, 0.1) is 6.92 Å². The number of nitrogens with zero attached hydrogens (tertiary/aromatic N) is 2. The van der Waals surface area contributed by atoms with Crippen molar-refractivity contribution in [1.82, 2.24) is 9.97 Å². The summed E-state index contributed by atoms with van der Waals surface area (Å²) in [6.07, 6.45) is 1.20. The van der Waals surface area contributed by atoms with E-state index in [4.69, 9.17) is 4.42 Å². The highest BCUT2D eigenvalue weighted by atomic mass is 32.1. The maximum Gasteiger partial charge on any atom is 0.302 e. The second-order valence-corrected chi connectivity index (χ2v) is 7.77. The molecule has 140 valence electrons. The number of carbonyl (C=O) groups is 2. The highest BCUT2D eigenvalue weighted by Gasteiger charge is 2.16. The van der Waals surface area contributed by atoms with Crippen LogP contribution in [0.15, 0.2) is 57.8 Å². The molecule has 0 bridgehead atoms. The Labute approximate surface area is 168 Å². The first-order valence-corrected chi connectivity index (χ1v) is 9.99. The average molecular weight is 410 g/mol. The third-order valence-corrected chi connectivity index (χ3v) is 5.38. The first-order chi connectivity index (χ1) is 13.6. The lowest BCUT2D eigenvalue weighted by molar-refractivity contribution is 0.101. The number of hydrogen-bond acceptors (Lipinski definition) is 7. The van der Waals surface area contributed by atoms with Gasteiger partial charge in [0.1, 0.15) is 6.26 Å². The molecule has 0 saturated heterocycles. The number of thiazole rings is 1. The first-order valence-electron chi connectivity index (χ1n) is 8.23. The number of aryl methyl sites for hydroxylation is 1. The van der Waals surface area contributed by atoms with Crippen LogP contribution in [0.3, 0.4) is 0 Å². The molecule has 0 unspecified atom stereocenters. The predicted molar refractivity (Wildman–Crippen MR) is 109 cm³/mol. The maximum atomic E-state index is 12.4. The van der Waals surface area contributed by atoms with Crippen molar-refractivity contribution < 1.29 is 14.0 Å². The zero-order valence-corrected chi connectivity index (χ0v) is 16.3. The molecule has 4 aromatic rings. The van der Waals surface area contributed by atoms with Crippen LogP contribution in [0.25, 0.3) is 11.3 Å². The van der Waals surface area contributed by atoms with Crippen LogP contribution in [-0.2, 0) is 0 Å². The Bertz CT molecular complexity index is 1130. The molecular formula is C19H14N4O3S2. The number of benzene rings is 1. The number of oxazole rings is 1. The minimum Gasteiger partial charge on any atom is -0.431 e. The van der Waals surface area contributed by atoms with E-state index in [0.29, 0.717) is 10.6 Å². The zero-order chi connectivity index (χ0) is 19.5. The lowest BCUT2D eigenvalue weighted by Crippen LogP contribution is -2.13. The summed E-state index contributed by atoms with van der Waals surface area (Å²) in [6, 6.07) is 10.8. The van der Waals surface area contributed by atoms with E-state index in [-0.39, 0.29) is 17.6 Å². The second kappa shape index (κ2) is 7.75. The Kier molecular flexibility index (Phi) is 5.00. The molecule has 0 fully saturated rings. The number of hydrogen-bond donors (Lipinski definition) is 2. The molecule has 0 saturated carbocycles. The van der Waals surface area contributed by atoms with E-state index >= 15 is 0 Å². The van der Waals surface area contributed by atoms with Gasteiger partial charge in [-0.3, -0.25) is 14.9 Å². The summed E-state index contributed by atoms with van der Waals surface area (Å²) in [7, 11) is 0. The first kappa shape index (κ1) is 18.1. The molecule has 3 heterocycles. The predicted octanol–water partition coefficient (Wildman–Crippen LogP) is 4.67. The Morgan fingerprint density at radius 3 is 2.68 bits per heavy atom. The minimum absolute atomic E-state index is 0.0322. The third-order valence-electron chi connectivity index (χ3n) is 3.74. The summed E-state index contributed by atoms with van der Waals surface area (Å²) in [5.41, 5.74) is 2.45. The molecule has 1 aromatic carbocycles. The number of aromatic nitrogens is 2. The summed E-state index contributed by atoms with van der Waals surface area (Å²) in [5.74, 6) is -0.776. The van der Waals surface area contributed by atoms with Crippen molar-refractivity contribution in [2.75, 3.05) is 10.6 Å². The van der Waals surface area contributed by atoms with E-state index in [2.05, 4.69) is 20.6 Å². The Morgan fingerprint density at radius 1 is 1.04 bits per heavy atom. The molecule has 28 heavy (non-hydrogen) atoms. The van der Waals surface area contributed by atoms with Crippen molar-refractivity contribution in [1.29, 1.82) is 0 Å². The summed E-state index contributed by atoms with van der Waals surface area (Å²) < 4.78 is 5.18. The smallest absolute Gasteiger partial charge is 0.302 e. The van der Waals surface area contributed by atoms with Gasteiger partial charge in [0.05, 0.1) is 15.6 Å². The highest BCUT2D eigenvalue weighted by molar-refractivity contribution is 7.12. The molecule has 0 spiro atoms. The summed E-state index contributed by atoms with van der Waals surface area (Å²) in [4.78, 5) is 33.4. The minimum atomic E-state index is -0.438. The Balaban J connectivity index is 1.44. The second-order valence-electron chi connectivity index (χ2n) is 5.76. The van der Waals surface area contributed by atoms with Gasteiger partial charge in [-0.05, 0) is 30.5 Å². The fourth-order valence-corrected chi connectivity index (χ4v) is 3.69. The number of rotatable bonds is 5. The maximum absolute atomic E-state index is 12.4. The molecule has 2 N–H and O–H groups in total. The van der Waals surface area contributed by atoms with Gasteiger partial charge < -0.3 is 9.73 Å². The topological polar surface area (TPSA) is 97.1 Å². The van der Waals surface area contributed by atoms with Crippen molar-refractivity contribution in [3.8, 4) is 11.3 Å². The molecular weight excluding hydrogens is 396 g/mol. The largest absolute Gasteiger partial charge is 0.431 e. The number of carbonyl (C=O) groups excluding carboxylic acids is 2. The molecule has 9 heteroatoms. The molecule has 2 amide bonds. The number of anilines is 2. The van der Waals surface area contributed by atoms with Gasteiger partial charge >= 0.3 is 6.01 Å². The summed E-state index contributed by atoms with van der Waals surface area (Å²) in [6.45, 7) is 1.94. The van der Waals surface area contributed by atoms with Crippen molar-refractivity contribution >= 4 is 46.2 Å². The molecule has 0 aliphatic carbocycles. The van der Waals surface area contributed by atoms with Gasteiger partial charge in [0.25, 0.3) is 11.8 Å². The van der Waals surface area contributed by atoms with E-state index in [9.17, 15) is 9.59 Å². The fourth-order valence-electron chi connectivity index (χ4n) is 2.45. The Hall–Kier alpha value is -3.30. The Morgan fingerprint density at radius 2 is 1.93 bits per heavy atom. The lowest BCUT2D eigenvalue weighted by Gasteiger charge is -2.04. The highest BCUT2D eigenvalue weighted by Crippen LogP contribution is 2.24. The normalized spacial score (nSPS) is 10.6. The molecule has 0 radical (unpaired) electrons. The average Bonchev–Trinajstić information content (AvgIpc) is 3.43. The third kappa shape index (κ3) is 4.00. The lowest BCUT2D eigenvalue weighted by atomic mass is 10.1. The van der Waals surface area contributed by atoms with Crippen LogP contribution in [0.1, 0.15) is 25.2 Å². The molecule has 0 atom stereocenters. The fraction of sp³-hybridized carbons (Fsp3) is 0.0526. The molecule has 4 rings (SSSR count). The van der Waals surface area contributed by atoms with Gasteiger partial charge in [-0.15, -0.1) is 22.7 Å². The van der Waals surface area contributed by atoms with Gasteiger partial charge in [-0.2, -0.15) is 4.98 Å². The van der Waals surface area contributed by atoms with Crippen molar-refractivity contribution in [2.24, 2.45) is 0 Å². The van der Waals surface area contributed by atoms with Gasteiger partial charge in [0, 0.05) is 16.6 Å². The van der Waals surface area contributed by atoms with E-state index in [1.807, 2.05) is 30.5 Å². The summed E-state index contributed by atoms with van der Waals surface area (Å²) >= 11 is 2.87. The standard InChI is InChI=1S/C19H14N4O3S2/c1-11-20-15(10-28-11)12-4-2-5-13(8-12)21-17(24)14-9-26-19(22-14)23-18(25)16-6-3-7-27-16/h2-10H,1H3,(H,21,24)(H,22,23,25). The SMILES string of the molecule is Cc1nc(-c2cccc(NC(=O)c3coc(NC(=O)c4cccs4)n3)c2)cs1. The van der Waals surface area contributed by atoms with Crippen molar-refractivity contribution in [2.45, 2.75) is 6.92 Å². The van der Waals surface area contributed by atoms with E-state index < -0.39 is 5.91 Å². The molecule has 0 aliphatic rings.